The average molecular weight is 589 g/mol. The Morgan fingerprint density at radius 3 is 0.907 bits per heavy atom. The number of hydrogen-bond donors (Lipinski definition) is 0. The van der Waals surface area contributed by atoms with Crippen LogP contribution in [0.5, 0.6) is 0 Å². The second-order valence-corrected chi connectivity index (χ2v) is 17.4. The van der Waals surface area contributed by atoms with Crippen LogP contribution in [0.4, 0.5) is 0 Å². The lowest BCUT2D eigenvalue weighted by Crippen LogP contribution is -2.39. The molecular formula is C37H48O6. The van der Waals surface area contributed by atoms with Crippen LogP contribution in [-0.2, 0) is 28.7 Å². The number of hydrogen-bond acceptors (Lipinski definition) is 6. The summed E-state index contributed by atoms with van der Waals surface area (Å²) >= 11 is 0. The van der Waals surface area contributed by atoms with Gasteiger partial charge in [0.2, 0.25) is 0 Å². The molecule has 6 rings (SSSR count). The van der Waals surface area contributed by atoms with E-state index in [9.17, 15) is 19.2 Å². The third kappa shape index (κ3) is 5.53. The molecule has 4 aliphatic carbocycles. The van der Waals surface area contributed by atoms with Crippen LogP contribution in [0, 0.1) is 33.5 Å². The Labute approximate surface area is 256 Å². The smallest absolute Gasteiger partial charge is 0.163 e. The minimum Gasteiger partial charge on any atom is -0.465 e. The summed E-state index contributed by atoms with van der Waals surface area (Å²) in [5.74, 6) is 2.69. The van der Waals surface area contributed by atoms with Crippen molar-refractivity contribution in [1.82, 2.24) is 0 Å². The number of carbonyl (C=O) groups is 4. The molecule has 0 unspecified atom stereocenters. The van der Waals surface area contributed by atoms with Gasteiger partial charge in [0.25, 0.3) is 0 Å². The SMILES string of the molecule is CC1(C)CC(=O)C2=C(C1)OC1=C(C(=O)CC(C)(C)C1)C2CCCC1C2=C(CC(C)(C)CC2=O)OC2=C1C(=O)CC(C)(C)C2. The molecule has 6 aliphatic rings. The maximum atomic E-state index is 13.6. The molecule has 2 aliphatic heterocycles. The quantitative estimate of drug-likeness (QED) is 0.331. The number of rotatable bonds is 4. The van der Waals surface area contributed by atoms with Crippen molar-refractivity contribution in [2.45, 2.75) is 126 Å². The minimum absolute atomic E-state index is 0.0795. The van der Waals surface area contributed by atoms with E-state index in [1.54, 1.807) is 0 Å². The van der Waals surface area contributed by atoms with Gasteiger partial charge in [-0.1, -0.05) is 61.8 Å². The predicted octanol–water partition coefficient (Wildman–Crippen LogP) is 8.02. The number of allylic oxidation sites excluding steroid dienone is 8. The second kappa shape index (κ2) is 9.87. The van der Waals surface area contributed by atoms with Crippen molar-refractivity contribution in [3.8, 4) is 0 Å². The average Bonchev–Trinajstić information content (AvgIpc) is 2.79. The van der Waals surface area contributed by atoms with Crippen molar-refractivity contribution in [2.75, 3.05) is 0 Å². The zero-order chi connectivity index (χ0) is 31.3. The Morgan fingerprint density at radius 1 is 0.442 bits per heavy atom. The van der Waals surface area contributed by atoms with Gasteiger partial charge < -0.3 is 9.47 Å². The molecule has 43 heavy (non-hydrogen) atoms. The molecule has 0 radical (unpaired) electrons. The van der Waals surface area contributed by atoms with Crippen molar-refractivity contribution in [2.24, 2.45) is 33.5 Å². The Bertz CT molecular complexity index is 1260. The maximum absolute atomic E-state index is 13.6. The van der Waals surface area contributed by atoms with E-state index in [2.05, 4.69) is 55.4 Å². The maximum Gasteiger partial charge on any atom is 0.163 e. The van der Waals surface area contributed by atoms with Gasteiger partial charge in [0.15, 0.2) is 23.1 Å². The standard InChI is InChI=1S/C37H48O6/c1-34(2)12-22(38)30-20(31-23(39)13-35(3,4)17-27(31)42-26(30)16-34)10-9-11-21-32-24(40)14-36(5,6)18-28(32)43-29-19-37(7,8)15-25(41)33(21)29/h20-21H,9-19H2,1-8H3. The van der Waals surface area contributed by atoms with Crippen LogP contribution in [0.2, 0.25) is 0 Å². The van der Waals surface area contributed by atoms with Gasteiger partial charge in [-0.2, -0.15) is 0 Å². The van der Waals surface area contributed by atoms with Crippen molar-refractivity contribution < 1.29 is 28.7 Å². The fraction of sp³-hybridized carbons (Fsp3) is 0.676. The zero-order valence-electron chi connectivity index (χ0n) is 27.4. The van der Waals surface area contributed by atoms with E-state index in [1.165, 1.54) is 0 Å². The van der Waals surface area contributed by atoms with Gasteiger partial charge in [-0.3, -0.25) is 19.2 Å². The molecule has 6 nitrogen and oxygen atoms in total. The first kappa shape index (κ1) is 30.3. The van der Waals surface area contributed by atoms with Crippen molar-refractivity contribution in [3.63, 3.8) is 0 Å². The highest BCUT2D eigenvalue weighted by atomic mass is 16.5. The molecule has 0 saturated carbocycles. The van der Waals surface area contributed by atoms with Crippen LogP contribution < -0.4 is 0 Å². The molecule has 0 aromatic rings. The molecule has 0 bridgehead atoms. The molecule has 0 N–H and O–H groups in total. The lowest BCUT2D eigenvalue weighted by molar-refractivity contribution is -0.122. The summed E-state index contributed by atoms with van der Waals surface area (Å²) < 4.78 is 12.9. The van der Waals surface area contributed by atoms with Gasteiger partial charge in [0.05, 0.1) is 0 Å². The van der Waals surface area contributed by atoms with Gasteiger partial charge in [-0.25, -0.2) is 0 Å². The van der Waals surface area contributed by atoms with Crippen molar-refractivity contribution in [1.29, 1.82) is 0 Å². The third-order valence-electron chi connectivity index (χ3n) is 10.4. The Kier molecular flexibility index (Phi) is 6.95. The van der Waals surface area contributed by atoms with E-state index in [0.29, 0.717) is 92.9 Å². The summed E-state index contributed by atoms with van der Waals surface area (Å²) in [4.78, 5) is 54.5. The minimum atomic E-state index is -0.297. The van der Waals surface area contributed by atoms with Crippen LogP contribution in [0.15, 0.2) is 45.3 Å². The number of ether oxygens (including phenoxy) is 2. The van der Waals surface area contributed by atoms with Crippen molar-refractivity contribution >= 4 is 23.1 Å². The summed E-state index contributed by atoms with van der Waals surface area (Å²) in [6.45, 7) is 16.8. The topological polar surface area (TPSA) is 86.7 Å². The molecule has 0 saturated heterocycles. The van der Waals surface area contributed by atoms with Crippen LogP contribution in [-0.4, -0.2) is 23.1 Å². The molecule has 0 fully saturated rings. The highest BCUT2D eigenvalue weighted by Crippen LogP contribution is 2.54. The number of ketones is 4. The van der Waals surface area contributed by atoms with Gasteiger partial charge in [-0.05, 0) is 34.5 Å². The largest absolute Gasteiger partial charge is 0.465 e. The molecule has 2 heterocycles. The van der Waals surface area contributed by atoms with Crippen LogP contribution in [0.1, 0.15) is 126 Å². The molecule has 6 heteroatoms. The Morgan fingerprint density at radius 2 is 0.674 bits per heavy atom. The van der Waals surface area contributed by atoms with E-state index in [0.717, 1.165) is 23.0 Å². The highest BCUT2D eigenvalue weighted by molar-refractivity contribution is 6.05. The Hall–Kier alpha value is -2.76. The van der Waals surface area contributed by atoms with E-state index in [-0.39, 0.29) is 56.6 Å². The molecule has 0 aromatic heterocycles. The lowest BCUT2D eigenvalue weighted by Gasteiger charge is -2.43. The third-order valence-corrected chi connectivity index (χ3v) is 10.4. The number of carbonyl (C=O) groups excluding carboxylic acids is 4. The van der Waals surface area contributed by atoms with E-state index >= 15 is 0 Å². The summed E-state index contributed by atoms with van der Waals surface area (Å²) in [5, 5.41) is 0. The first-order chi connectivity index (χ1) is 19.9. The summed E-state index contributed by atoms with van der Waals surface area (Å²) in [6.07, 6.45) is 6.37. The van der Waals surface area contributed by atoms with Gasteiger partial charge in [-0.15, -0.1) is 0 Å². The van der Waals surface area contributed by atoms with Crippen LogP contribution in [0.3, 0.4) is 0 Å². The Balaban J connectivity index is 1.34. The lowest BCUT2D eigenvalue weighted by atomic mass is 9.65. The molecule has 0 atom stereocenters. The van der Waals surface area contributed by atoms with E-state index < -0.39 is 0 Å². The molecular weight excluding hydrogens is 540 g/mol. The first-order valence-electron chi connectivity index (χ1n) is 16.3. The fourth-order valence-corrected chi connectivity index (χ4v) is 8.72. The van der Waals surface area contributed by atoms with E-state index in [1.807, 2.05) is 0 Å². The number of Topliss-reactive ketones (excluding diaryl/α,β-unsaturated/α-hetero) is 4. The summed E-state index contributed by atoms with van der Waals surface area (Å²) in [5.41, 5.74) is 1.98. The predicted molar refractivity (Wildman–Crippen MR) is 163 cm³/mol. The molecule has 0 amide bonds. The zero-order valence-corrected chi connectivity index (χ0v) is 27.4. The normalized spacial score (nSPS) is 28.3. The van der Waals surface area contributed by atoms with Gasteiger partial charge in [0, 0.05) is 85.5 Å². The summed E-state index contributed by atoms with van der Waals surface area (Å²) in [7, 11) is 0. The van der Waals surface area contributed by atoms with Crippen molar-refractivity contribution in [3.05, 3.63) is 45.3 Å². The summed E-state index contributed by atoms with van der Waals surface area (Å²) in [6, 6.07) is 0. The molecule has 0 spiro atoms. The van der Waals surface area contributed by atoms with Crippen LogP contribution >= 0.6 is 0 Å². The molecule has 232 valence electrons. The fourth-order valence-electron chi connectivity index (χ4n) is 8.72. The molecule has 0 aromatic carbocycles. The monoisotopic (exact) mass is 588 g/mol. The first-order valence-corrected chi connectivity index (χ1v) is 16.3. The highest BCUT2D eigenvalue weighted by Gasteiger charge is 2.49. The second-order valence-electron chi connectivity index (χ2n) is 17.4. The van der Waals surface area contributed by atoms with Gasteiger partial charge in [0.1, 0.15) is 23.0 Å². The van der Waals surface area contributed by atoms with Crippen LogP contribution in [0.25, 0.3) is 0 Å². The van der Waals surface area contributed by atoms with E-state index in [4.69, 9.17) is 9.47 Å². The van der Waals surface area contributed by atoms with Gasteiger partial charge >= 0.3 is 0 Å².